The van der Waals surface area contributed by atoms with Crippen LogP contribution in [-0.4, -0.2) is 6.41 Å². The van der Waals surface area contributed by atoms with Gasteiger partial charge in [0.1, 0.15) is 0 Å². The number of primary amides is 1. The summed E-state index contributed by atoms with van der Waals surface area (Å²) in [5, 5.41) is 0. The van der Waals surface area contributed by atoms with Crippen LogP contribution in [0.15, 0.2) is 0 Å². The molecule has 0 rings (SSSR count). The molecule has 1 radical (unpaired) electrons. The first kappa shape index (κ1) is 9.02. The molecular weight excluding hydrogens is 101 g/mol. The molecule has 27 valence electrons. The summed E-state index contributed by atoms with van der Waals surface area (Å²) >= 11 is 0. The fourth-order valence-electron chi connectivity index (χ4n) is 0. The first-order chi connectivity index (χ1) is 1.41. The second-order valence-corrected chi connectivity index (χ2v) is 0.118. The number of amides is 1. The first-order valence-electron chi connectivity index (χ1n) is 0.493. The molecule has 2 nitrogen and oxygen atoms in total. The Kier molecular flexibility index (Phi) is 27.5. The average Bonchev–Trinajstić information content (AvgIpc) is 0.918. The molecule has 2 N–H and O–H groups in total. The number of nitrogens with two attached hydrogens (primary N) is 1. The predicted octanol–water partition coefficient (Wildman–Crippen LogP) is -0.990. The summed E-state index contributed by atoms with van der Waals surface area (Å²) in [6.45, 7) is 0. The standard InChI is InChI=1S/CH2NO.Co/c2-1-3;/h(H2,2,3);/q-1;. The van der Waals surface area contributed by atoms with Gasteiger partial charge in [-0.05, 0) is 0 Å². The van der Waals surface area contributed by atoms with E-state index in [1.807, 2.05) is 0 Å². The van der Waals surface area contributed by atoms with Crippen LogP contribution in [0.5, 0.6) is 0 Å². The minimum atomic E-state index is 0. The minimum Gasteiger partial charge on any atom is -0.543 e. The maximum Gasteiger partial charge on any atom is 0 e. The monoisotopic (exact) mass is 103 g/mol. The van der Waals surface area contributed by atoms with Gasteiger partial charge in [-0.2, -0.15) is 6.41 Å². The van der Waals surface area contributed by atoms with Crippen molar-refractivity contribution in [1.29, 1.82) is 0 Å². The third-order valence-electron chi connectivity index (χ3n) is 0. The first-order valence-corrected chi connectivity index (χ1v) is 0.493. The number of carbonyl (C=O) groups excluding carboxylic acids is 1. The molecule has 0 heterocycles. The van der Waals surface area contributed by atoms with Crippen LogP contribution in [0, 0.1) is 0 Å². The van der Waals surface area contributed by atoms with Crippen LogP contribution in [0.1, 0.15) is 0 Å². The SMILES string of the molecule is N[C-]=O.[Co]. The third-order valence-corrected chi connectivity index (χ3v) is 0. The zero-order chi connectivity index (χ0) is 2.71. The molecule has 0 spiro atoms. The zero-order valence-electron chi connectivity index (χ0n) is 1.82. The van der Waals surface area contributed by atoms with Gasteiger partial charge in [0.25, 0.3) is 0 Å². The average molecular weight is 103 g/mol. The van der Waals surface area contributed by atoms with Crippen molar-refractivity contribution in [2.45, 2.75) is 0 Å². The number of rotatable bonds is 0. The van der Waals surface area contributed by atoms with E-state index in [4.69, 9.17) is 4.79 Å². The quantitative estimate of drug-likeness (QED) is 0.310. The third kappa shape index (κ3) is 3410. The van der Waals surface area contributed by atoms with E-state index < -0.39 is 0 Å². The van der Waals surface area contributed by atoms with Gasteiger partial charge in [0, 0.05) is 16.8 Å². The van der Waals surface area contributed by atoms with Gasteiger partial charge in [-0.25, -0.2) is 0 Å². The predicted molar refractivity (Wildman–Crippen MR) is 9.88 cm³/mol. The molecule has 0 saturated heterocycles. The van der Waals surface area contributed by atoms with Crippen molar-refractivity contribution < 1.29 is 21.6 Å². The molecule has 0 aromatic heterocycles. The normalized spacial score (nSPS) is 3.00. The van der Waals surface area contributed by atoms with Crippen molar-refractivity contribution >= 4 is 6.41 Å². The summed E-state index contributed by atoms with van der Waals surface area (Å²) in [7, 11) is 0. The molecule has 3 heteroatoms. The van der Waals surface area contributed by atoms with Crippen molar-refractivity contribution in [1.82, 2.24) is 0 Å². The van der Waals surface area contributed by atoms with Gasteiger partial charge in [0.05, 0.1) is 0 Å². The van der Waals surface area contributed by atoms with E-state index in [-0.39, 0.29) is 16.8 Å². The Balaban J connectivity index is 0. The Morgan fingerprint density at radius 2 is 1.75 bits per heavy atom. The van der Waals surface area contributed by atoms with Gasteiger partial charge in [-0.3, -0.25) is 0 Å². The fraction of sp³-hybridized carbons (Fsp3) is 0. The zero-order valence-corrected chi connectivity index (χ0v) is 2.86. The molecule has 0 fully saturated rings. The second kappa shape index (κ2) is 12.2. The summed E-state index contributed by atoms with van der Waals surface area (Å²) < 4.78 is 0. The van der Waals surface area contributed by atoms with Crippen LogP contribution in [0.25, 0.3) is 0 Å². The molecule has 0 aliphatic heterocycles. The Labute approximate surface area is 34.6 Å². The molecule has 4 heavy (non-hydrogen) atoms. The van der Waals surface area contributed by atoms with Crippen LogP contribution in [0.4, 0.5) is 0 Å². The van der Waals surface area contributed by atoms with Crippen LogP contribution in [-0.2, 0) is 21.6 Å². The summed E-state index contributed by atoms with van der Waals surface area (Å²) in [6.07, 6.45) is 1.00. The minimum absolute atomic E-state index is 0. The van der Waals surface area contributed by atoms with Gasteiger partial charge in [-0.15, -0.1) is 0 Å². The maximum absolute atomic E-state index is 8.46. The molecule has 1 amide bonds. The van der Waals surface area contributed by atoms with E-state index in [1.54, 1.807) is 0 Å². The van der Waals surface area contributed by atoms with Gasteiger partial charge in [0.2, 0.25) is 0 Å². The van der Waals surface area contributed by atoms with Crippen molar-refractivity contribution in [2.24, 2.45) is 5.73 Å². The van der Waals surface area contributed by atoms with E-state index >= 15 is 0 Å². The van der Waals surface area contributed by atoms with E-state index in [2.05, 4.69) is 5.73 Å². The van der Waals surface area contributed by atoms with Gasteiger partial charge >= 0.3 is 0 Å². The summed E-state index contributed by atoms with van der Waals surface area (Å²) in [5.74, 6) is 0. The van der Waals surface area contributed by atoms with E-state index in [9.17, 15) is 0 Å². The molecule has 0 aliphatic rings. The maximum atomic E-state index is 8.46. The number of hydrogen-bond donors (Lipinski definition) is 1. The molecular formula is CH2CoNO-. The van der Waals surface area contributed by atoms with Crippen molar-refractivity contribution in [3.63, 3.8) is 0 Å². The Hall–Kier alpha value is -0.0235. The number of hydrogen-bond acceptors (Lipinski definition) is 1. The van der Waals surface area contributed by atoms with Gasteiger partial charge < -0.3 is 10.5 Å². The molecule has 0 atom stereocenters. The molecule has 0 unspecified atom stereocenters. The topological polar surface area (TPSA) is 43.1 Å². The van der Waals surface area contributed by atoms with Crippen LogP contribution in [0.2, 0.25) is 0 Å². The molecule has 0 saturated carbocycles. The molecule has 0 aliphatic carbocycles. The molecule has 0 aromatic carbocycles. The fourth-order valence-corrected chi connectivity index (χ4v) is 0. The molecule has 0 bridgehead atoms. The Bertz CT molecular complexity index is 15.5. The van der Waals surface area contributed by atoms with Crippen LogP contribution < -0.4 is 5.73 Å². The van der Waals surface area contributed by atoms with Crippen LogP contribution >= 0.6 is 0 Å². The van der Waals surface area contributed by atoms with E-state index in [0.29, 0.717) is 0 Å². The van der Waals surface area contributed by atoms with Crippen molar-refractivity contribution in [3.05, 3.63) is 0 Å². The summed E-state index contributed by atoms with van der Waals surface area (Å²) in [4.78, 5) is 8.46. The van der Waals surface area contributed by atoms with E-state index in [1.165, 1.54) is 0 Å². The summed E-state index contributed by atoms with van der Waals surface area (Å²) in [6, 6.07) is 0. The Morgan fingerprint density at radius 3 is 1.75 bits per heavy atom. The molecule has 0 aromatic rings. The van der Waals surface area contributed by atoms with Gasteiger partial charge in [-0.1, -0.05) is 0 Å². The van der Waals surface area contributed by atoms with Crippen LogP contribution in [0.3, 0.4) is 0 Å². The Morgan fingerprint density at radius 1 is 1.75 bits per heavy atom. The second-order valence-electron chi connectivity index (χ2n) is 0.118. The van der Waals surface area contributed by atoms with Gasteiger partial charge in [0.15, 0.2) is 0 Å². The largest absolute Gasteiger partial charge is 0.543 e. The smallest absolute Gasteiger partial charge is 0 e. The van der Waals surface area contributed by atoms with Crippen molar-refractivity contribution in [3.8, 4) is 0 Å². The summed E-state index contributed by atoms with van der Waals surface area (Å²) in [5.41, 5.74) is 4.04. The van der Waals surface area contributed by atoms with Crippen molar-refractivity contribution in [2.75, 3.05) is 0 Å². The van der Waals surface area contributed by atoms with E-state index in [0.717, 1.165) is 6.41 Å².